The second kappa shape index (κ2) is 3.31. The number of nitrogens with two attached hydrogens (primary N) is 1. The van der Waals surface area contributed by atoms with Gasteiger partial charge in [0.25, 0.3) is 0 Å². The van der Waals surface area contributed by atoms with Crippen molar-refractivity contribution in [1.29, 1.82) is 0 Å². The first-order chi connectivity index (χ1) is 6.70. The largest absolute Gasteiger partial charge is 0.383 e. The van der Waals surface area contributed by atoms with E-state index in [1.54, 1.807) is 24.1 Å². The quantitative estimate of drug-likeness (QED) is 0.777. The molecule has 2 N–H and O–H groups in total. The third kappa shape index (κ3) is 1.33. The van der Waals surface area contributed by atoms with E-state index in [1.807, 2.05) is 12.1 Å². The molecule has 2 heterocycles. The van der Waals surface area contributed by atoms with Crippen molar-refractivity contribution >= 4 is 17.4 Å². The summed E-state index contributed by atoms with van der Waals surface area (Å²) in [5.41, 5.74) is 7.22. The van der Waals surface area contributed by atoms with Crippen molar-refractivity contribution in [3.8, 4) is 11.3 Å². The van der Waals surface area contributed by atoms with E-state index in [-0.39, 0.29) is 0 Å². The molecule has 14 heavy (non-hydrogen) atoms. The molecule has 0 amide bonds. The molecule has 5 heteroatoms. The Morgan fingerprint density at radius 2 is 2.29 bits per heavy atom. The van der Waals surface area contributed by atoms with Crippen LogP contribution in [0.1, 0.15) is 0 Å². The molecule has 0 fully saturated rings. The molecule has 0 saturated carbocycles. The maximum Gasteiger partial charge on any atom is 0.140 e. The minimum atomic E-state index is 0.463. The molecular weight excluding hydrogens is 200 g/mol. The summed E-state index contributed by atoms with van der Waals surface area (Å²) in [6.07, 6.45) is 3.40. The van der Waals surface area contributed by atoms with Crippen molar-refractivity contribution < 1.29 is 0 Å². The topological polar surface area (TPSA) is 56.7 Å². The SMILES string of the molecule is Cn1nc(-c2cccnc2)c(Cl)c1N. The molecule has 0 unspecified atom stereocenters. The van der Waals surface area contributed by atoms with Crippen LogP contribution < -0.4 is 5.73 Å². The van der Waals surface area contributed by atoms with Gasteiger partial charge in [0.2, 0.25) is 0 Å². The molecule has 0 aliphatic heterocycles. The van der Waals surface area contributed by atoms with Crippen LogP contribution >= 0.6 is 11.6 Å². The highest BCUT2D eigenvalue weighted by Crippen LogP contribution is 2.30. The Labute approximate surface area is 86.3 Å². The van der Waals surface area contributed by atoms with Crippen LogP contribution in [0.3, 0.4) is 0 Å². The van der Waals surface area contributed by atoms with Crippen molar-refractivity contribution in [2.45, 2.75) is 0 Å². The summed E-state index contributed by atoms with van der Waals surface area (Å²) >= 11 is 6.01. The van der Waals surface area contributed by atoms with E-state index in [2.05, 4.69) is 10.1 Å². The van der Waals surface area contributed by atoms with Gasteiger partial charge in [0.1, 0.15) is 16.5 Å². The summed E-state index contributed by atoms with van der Waals surface area (Å²) < 4.78 is 1.55. The predicted octanol–water partition coefficient (Wildman–Crippen LogP) is 1.72. The van der Waals surface area contributed by atoms with Crippen molar-refractivity contribution in [2.75, 3.05) is 5.73 Å². The van der Waals surface area contributed by atoms with Crippen LogP contribution in [0.4, 0.5) is 5.82 Å². The van der Waals surface area contributed by atoms with E-state index in [0.29, 0.717) is 16.5 Å². The molecule has 0 radical (unpaired) electrons. The number of nitrogen functional groups attached to an aromatic ring is 1. The van der Waals surface area contributed by atoms with E-state index in [9.17, 15) is 0 Å². The van der Waals surface area contributed by atoms with E-state index >= 15 is 0 Å². The summed E-state index contributed by atoms with van der Waals surface area (Å²) in [5, 5.41) is 4.67. The van der Waals surface area contributed by atoms with Crippen molar-refractivity contribution in [3.05, 3.63) is 29.5 Å². The Kier molecular flexibility index (Phi) is 2.13. The van der Waals surface area contributed by atoms with Gasteiger partial charge >= 0.3 is 0 Å². The Bertz CT molecular complexity index is 449. The monoisotopic (exact) mass is 208 g/mol. The number of aryl methyl sites for hydroxylation is 1. The summed E-state index contributed by atoms with van der Waals surface area (Å²) in [6, 6.07) is 3.72. The van der Waals surface area contributed by atoms with Gasteiger partial charge in [0, 0.05) is 25.0 Å². The minimum absolute atomic E-state index is 0.463. The summed E-state index contributed by atoms with van der Waals surface area (Å²) in [4.78, 5) is 3.99. The average molecular weight is 209 g/mol. The van der Waals surface area contributed by atoms with Gasteiger partial charge in [-0.3, -0.25) is 9.67 Å². The highest BCUT2D eigenvalue weighted by molar-refractivity contribution is 6.35. The number of pyridine rings is 1. The van der Waals surface area contributed by atoms with Gasteiger partial charge in [-0.05, 0) is 12.1 Å². The highest BCUT2D eigenvalue weighted by atomic mass is 35.5. The number of aromatic nitrogens is 3. The molecule has 0 bridgehead atoms. The molecular formula is C9H9ClN4. The second-order valence-corrected chi connectivity index (χ2v) is 3.29. The van der Waals surface area contributed by atoms with Gasteiger partial charge in [-0.15, -0.1) is 0 Å². The van der Waals surface area contributed by atoms with E-state index in [1.165, 1.54) is 0 Å². The zero-order chi connectivity index (χ0) is 10.1. The van der Waals surface area contributed by atoms with Crippen molar-refractivity contribution in [3.63, 3.8) is 0 Å². The Balaban J connectivity index is 2.58. The van der Waals surface area contributed by atoms with Crippen LogP contribution in [0, 0.1) is 0 Å². The van der Waals surface area contributed by atoms with Crippen molar-refractivity contribution in [1.82, 2.24) is 14.8 Å². The Morgan fingerprint density at radius 3 is 2.79 bits per heavy atom. The summed E-state index contributed by atoms with van der Waals surface area (Å²) in [6.45, 7) is 0. The van der Waals surface area contributed by atoms with Gasteiger partial charge in [-0.2, -0.15) is 5.10 Å². The first kappa shape index (κ1) is 9.02. The smallest absolute Gasteiger partial charge is 0.140 e. The molecule has 0 atom stereocenters. The molecule has 2 rings (SSSR count). The molecule has 2 aromatic heterocycles. The maximum absolute atomic E-state index is 6.01. The van der Waals surface area contributed by atoms with Gasteiger partial charge in [0.15, 0.2) is 0 Å². The number of halogens is 1. The average Bonchev–Trinajstić information content (AvgIpc) is 2.47. The van der Waals surface area contributed by atoms with Crippen LogP contribution in [0.5, 0.6) is 0 Å². The third-order valence-electron chi connectivity index (χ3n) is 1.97. The van der Waals surface area contributed by atoms with Gasteiger partial charge < -0.3 is 5.73 Å². The van der Waals surface area contributed by atoms with Crippen LogP contribution in [-0.4, -0.2) is 14.8 Å². The second-order valence-electron chi connectivity index (χ2n) is 2.91. The molecule has 0 aliphatic carbocycles. The van der Waals surface area contributed by atoms with Crippen LogP contribution in [-0.2, 0) is 7.05 Å². The van der Waals surface area contributed by atoms with E-state index in [4.69, 9.17) is 17.3 Å². The lowest BCUT2D eigenvalue weighted by Gasteiger charge is -1.94. The summed E-state index contributed by atoms with van der Waals surface area (Å²) in [7, 11) is 1.75. The fourth-order valence-electron chi connectivity index (χ4n) is 1.20. The maximum atomic E-state index is 6.01. The van der Waals surface area contributed by atoms with Crippen LogP contribution in [0.2, 0.25) is 5.02 Å². The Morgan fingerprint density at radius 1 is 1.50 bits per heavy atom. The highest BCUT2D eigenvalue weighted by Gasteiger charge is 2.12. The lowest BCUT2D eigenvalue weighted by atomic mass is 10.2. The van der Waals surface area contributed by atoms with E-state index in [0.717, 1.165) is 5.56 Å². The zero-order valence-electron chi connectivity index (χ0n) is 7.61. The minimum Gasteiger partial charge on any atom is -0.383 e. The zero-order valence-corrected chi connectivity index (χ0v) is 8.36. The van der Waals surface area contributed by atoms with Crippen LogP contribution in [0.15, 0.2) is 24.5 Å². The molecule has 0 spiro atoms. The number of nitrogens with zero attached hydrogens (tertiary/aromatic N) is 3. The van der Waals surface area contributed by atoms with E-state index < -0.39 is 0 Å². The lowest BCUT2D eigenvalue weighted by molar-refractivity contribution is 0.782. The van der Waals surface area contributed by atoms with Gasteiger partial charge in [-0.25, -0.2) is 0 Å². The number of anilines is 1. The first-order valence-electron chi connectivity index (χ1n) is 4.08. The van der Waals surface area contributed by atoms with Gasteiger partial charge in [0.05, 0.1) is 0 Å². The predicted molar refractivity (Wildman–Crippen MR) is 55.9 cm³/mol. The molecule has 4 nitrogen and oxygen atoms in total. The normalized spacial score (nSPS) is 10.4. The van der Waals surface area contributed by atoms with Crippen molar-refractivity contribution in [2.24, 2.45) is 7.05 Å². The van der Waals surface area contributed by atoms with Gasteiger partial charge in [-0.1, -0.05) is 11.6 Å². The third-order valence-corrected chi connectivity index (χ3v) is 2.34. The fourth-order valence-corrected chi connectivity index (χ4v) is 1.47. The number of hydrogen-bond acceptors (Lipinski definition) is 3. The molecule has 2 aromatic rings. The standard InChI is InChI=1S/C9H9ClN4/c1-14-9(11)7(10)8(13-14)6-3-2-4-12-5-6/h2-5H,11H2,1H3. The first-order valence-corrected chi connectivity index (χ1v) is 4.46. The lowest BCUT2D eigenvalue weighted by Crippen LogP contribution is -1.96. The molecule has 0 saturated heterocycles. The molecule has 72 valence electrons. The Hall–Kier alpha value is -1.55. The number of hydrogen-bond donors (Lipinski definition) is 1. The fraction of sp³-hybridized carbons (Fsp3) is 0.111. The molecule has 0 aromatic carbocycles. The summed E-state index contributed by atoms with van der Waals surface area (Å²) in [5.74, 6) is 0.463. The number of rotatable bonds is 1. The molecule has 0 aliphatic rings. The van der Waals surface area contributed by atoms with Crippen LogP contribution in [0.25, 0.3) is 11.3 Å².